The molecule has 0 radical (unpaired) electrons. The van der Waals surface area contributed by atoms with Gasteiger partial charge in [-0.2, -0.15) is 0 Å². The maximum atomic E-state index is 4.06. The summed E-state index contributed by atoms with van der Waals surface area (Å²) in [5.74, 6) is 0.641. The molecule has 0 aliphatic heterocycles. The number of hydrogen-bond acceptors (Lipinski definition) is 1. The Morgan fingerprint density at radius 2 is 1.40 bits per heavy atom. The second kappa shape index (κ2) is 6.70. The topological polar surface area (TPSA) is 12.0 Å². The van der Waals surface area contributed by atoms with E-state index in [1.54, 1.807) is 14.5 Å². The molecular weight excluding hydrogens is 472 g/mol. The second-order valence-corrected chi connectivity index (χ2v) is 47.6. The molecular formula is C15H33Cl2HfNSi. The van der Waals surface area contributed by atoms with Crippen LogP contribution in [0.15, 0.2) is 20.0 Å². The molecule has 0 heterocycles. The van der Waals surface area contributed by atoms with Crippen LogP contribution in [0.2, 0.25) is 9.36 Å². The number of rotatable bonds is 2. The monoisotopic (exact) mass is 505 g/mol. The van der Waals surface area contributed by atoms with E-state index >= 15 is 0 Å². The van der Waals surface area contributed by atoms with Crippen LogP contribution in [0.1, 0.15) is 48.5 Å². The van der Waals surface area contributed by atoms with Gasteiger partial charge in [0.15, 0.2) is 0 Å². The van der Waals surface area contributed by atoms with Gasteiger partial charge in [-0.25, -0.2) is 0 Å². The van der Waals surface area contributed by atoms with E-state index in [0.29, 0.717) is 5.92 Å². The molecule has 1 aliphatic rings. The molecule has 0 fully saturated rings. The molecule has 0 bridgehead atoms. The van der Waals surface area contributed by atoms with Gasteiger partial charge in [0.25, 0.3) is 0 Å². The van der Waals surface area contributed by atoms with Crippen LogP contribution in [0.25, 0.3) is 0 Å². The van der Waals surface area contributed by atoms with Gasteiger partial charge in [-0.05, 0) is 0 Å². The normalized spacial score (nSPS) is 20.8. The van der Waals surface area contributed by atoms with Crippen molar-refractivity contribution in [3.05, 3.63) is 20.0 Å². The fourth-order valence-corrected chi connectivity index (χ4v) is 32.8. The minimum atomic E-state index is -3.08. The third-order valence-corrected chi connectivity index (χ3v) is 23.5. The first-order valence-electron chi connectivity index (χ1n) is 7.01. The average molecular weight is 505 g/mol. The van der Waals surface area contributed by atoms with Crippen molar-refractivity contribution in [1.82, 2.24) is 3.30 Å². The van der Waals surface area contributed by atoms with Crippen molar-refractivity contribution in [3.8, 4) is 0 Å². The molecule has 1 atom stereocenters. The van der Waals surface area contributed by atoms with Crippen molar-refractivity contribution in [2.45, 2.75) is 63.4 Å². The Morgan fingerprint density at radius 3 is 1.65 bits per heavy atom. The fourth-order valence-electron chi connectivity index (χ4n) is 3.93. The Labute approximate surface area is 141 Å². The Hall–Kier alpha value is 1.11. The smallest absolute Gasteiger partial charge is 0.147 e. The van der Waals surface area contributed by atoms with E-state index in [0.717, 1.165) is 0 Å². The van der Waals surface area contributed by atoms with Gasteiger partial charge in [-0.3, -0.25) is 0 Å². The molecule has 5 heteroatoms. The van der Waals surface area contributed by atoms with Crippen LogP contribution in [-0.2, 0) is 17.4 Å². The summed E-state index contributed by atoms with van der Waals surface area (Å²) in [6, 6.07) is 0. The molecule has 0 saturated carbocycles. The maximum Gasteiger partial charge on any atom is -0.147 e. The number of nitrogens with one attached hydrogen (secondary N) is 1. The average Bonchev–Trinajstić information content (AvgIpc) is 2.25. The van der Waals surface area contributed by atoms with Crippen LogP contribution < -0.4 is 3.30 Å². The molecule has 0 saturated heterocycles. The van der Waals surface area contributed by atoms with Gasteiger partial charge in [0, 0.05) is 0 Å². The first-order chi connectivity index (χ1) is 7.75. The Balaban J connectivity index is 0. The van der Waals surface area contributed by atoms with Crippen LogP contribution in [0, 0.1) is 5.92 Å². The SMILES string of the molecule is CC1=C(C)C(C)[C]([Hf]([CH3])([CH3])(=[SiH2])[NH]C(C)(C)C)=C1C.Cl.Cl. The van der Waals surface area contributed by atoms with E-state index in [-0.39, 0.29) is 30.4 Å². The molecule has 0 aromatic carbocycles. The molecule has 20 heavy (non-hydrogen) atoms. The van der Waals surface area contributed by atoms with Gasteiger partial charge in [-0.1, -0.05) is 0 Å². The van der Waals surface area contributed by atoms with E-state index in [4.69, 9.17) is 0 Å². The van der Waals surface area contributed by atoms with E-state index in [9.17, 15) is 0 Å². The van der Waals surface area contributed by atoms with Crippen LogP contribution in [0.5, 0.6) is 0 Å². The van der Waals surface area contributed by atoms with Gasteiger partial charge in [0.05, 0.1) is 0 Å². The predicted octanol–water partition coefficient (Wildman–Crippen LogP) is 4.73. The van der Waals surface area contributed by atoms with Crippen molar-refractivity contribution in [3.63, 3.8) is 0 Å². The standard InChI is InChI=1S/C9H13.C4H10N.2CH3.2ClH.Hf.H2Si/c1-6-5-7(2)9(4)8(6)3;1-4(2,3)5;;;;;;/h6H,1-4H3;5H,1-3H3;2*1H3;2*1H;;1H2/q;-1;;;;;+1;. The molecule has 0 aromatic heterocycles. The van der Waals surface area contributed by atoms with E-state index in [2.05, 4.69) is 68.1 Å². The van der Waals surface area contributed by atoms with Gasteiger partial charge >= 0.3 is 117 Å². The quantitative estimate of drug-likeness (QED) is 0.536. The number of hydrogen-bond donors (Lipinski definition) is 1. The molecule has 120 valence electrons. The van der Waals surface area contributed by atoms with Gasteiger partial charge in [-0.15, -0.1) is 24.8 Å². The third-order valence-electron chi connectivity index (χ3n) is 4.28. The minimum Gasteiger partial charge on any atom is -0.147 e. The van der Waals surface area contributed by atoms with Gasteiger partial charge in [0.2, 0.25) is 0 Å². The summed E-state index contributed by atoms with van der Waals surface area (Å²) in [5.41, 5.74) is 4.90. The summed E-state index contributed by atoms with van der Waals surface area (Å²) < 4.78 is 11.0. The Morgan fingerprint density at radius 1 is 1.00 bits per heavy atom. The summed E-state index contributed by atoms with van der Waals surface area (Å²) in [4.78, 5) is 0. The minimum absolute atomic E-state index is 0. The maximum absolute atomic E-state index is 4.06. The summed E-state index contributed by atoms with van der Waals surface area (Å²) in [6.07, 6.45) is 0. The predicted molar refractivity (Wildman–Crippen MR) is 97.9 cm³/mol. The Kier molecular flexibility index (Phi) is 7.83. The second-order valence-electron chi connectivity index (χ2n) is 8.13. The number of allylic oxidation sites excluding steroid dienone is 4. The van der Waals surface area contributed by atoms with Crippen molar-refractivity contribution in [2.24, 2.45) is 5.92 Å². The molecule has 0 aromatic rings. The van der Waals surface area contributed by atoms with Crippen LogP contribution >= 0.6 is 24.8 Å². The largest absolute Gasteiger partial charge is 0.147 e. The fraction of sp³-hybridized carbons (Fsp3) is 0.733. The molecule has 0 amide bonds. The third kappa shape index (κ3) is 4.81. The van der Waals surface area contributed by atoms with E-state index in [1.165, 1.54) is 5.57 Å². The molecule has 1 N–H and O–H groups in total. The van der Waals surface area contributed by atoms with Crippen molar-refractivity contribution in [1.29, 1.82) is 0 Å². The molecule has 1 unspecified atom stereocenters. The zero-order valence-corrected chi connectivity index (χ0v) is 21.2. The number of halogens is 2. The summed E-state index contributed by atoms with van der Waals surface area (Å²) in [5, 5.41) is 0. The van der Waals surface area contributed by atoms with E-state index < -0.39 is 17.4 Å². The van der Waals surface area contributed by atoms with Crippen LogP contribution in [-0.4, -0.2) is 12.5 Å². The van der Waals surface area contributed by atoms with Crippen molar-refractivity contribution < 1.29 is 17.4 Å². The molecule has 1 rings (SSSR count). The molecule has 1 nitrogen and oxygen atoms in total. The van der Waals surface area contributed by atoms with Gasteiger partial charge < -0.3 is 0 Å². The zero-order chi connectivity index (χ0) is 14.5. The summed E-state index contributed by atoms with van der Waals surface area (Å²) in [7, 11) is 0. The van der Waals surface area contributed by atoms with Gasteiger partial charge in [0.1, 0.15) is 0 Å². The molecule has 1 aliphatic carbocycles. The first-order valence-corrected chi connectivity index (χ1v) is 26.1. The van der Waals surface area contributed by atoms with Crippen molar-refractivity contribution in [2.75, 3.05) is 0 Å². The molecule has 0 spiro atoms. The van der Waals surface area contributed by atoms with E-state index in [1.807, 2.05) is 0 Å². The Bertz CT molecular complexity index is 506. The summed E-state index contributed by atoms with van der Waals surface area (Å²) >= 11 is -3.08. The first kappa shape index (κ1) is 23.4. The van der Waals surface area contributed by atoms with Crippen LogP contribution in [0.3, 0.4) is 0 Å². The van der Waals surface area contributed by atoms with Crippen molar-refractivity contribution >= 4 is 31.8 Å². The zero-order valence-electron chi connectivity index (χ0n) is 14.6. The van der Waals surface area contributed by atoms with Crippen LogP contribution in [0.4, 0.5) is 0 Å². The summed E-state index contributed by atoms with van der Waals surface area (Å²) in [6.45, 7) is 18.5.